The number of urea groups is 1. The zero-order valence-corrected chi connectivity index (χ0v) is 12.6. The van der Waals surface area contributed by atoms with Crippen molar-refractivity contribution in [3.8, 4) is 0 Å². The van der Waals surface area contributed by atoms with Gasteiger partial charge in [-0.1, -0.05) is 18.2 Å². The van der Waals surface area contributed by atoms with E-state index >= 15 is 0 Å². The number of carbonyl (C=O) groups excluding carboxylic acids is 2. The van der Waals surface area contributed by atoms with Gasteiger partial charge in [0.1, 0.15) is 11.9 Å². The van der Waals surface area contributed by atoms with E-state index in [9.17, 15) is 22.8 Å². The summed E-state index contributed by atoms with van der Waals surface area (Å²) in [5.41, 5.74) is -0.0483. The molecule has 0 radical (unpaired) electrons. The highest BCUT2D eigenvalue weighted by Crippen LogP contribution is 2.18. The van der Waals surface area contributed by atoms with Crippen LogP contribution in [0.5, 0.6) is 0 Å². The second-order valence-electron chi connectivity index (χ2n) is 4.80. The lowest BCUT2D eigenvalue weighted by Crippen LogP contribution is -2.41. The fraction of sp³-hybridized carbons (Fsp3) is 0.125. The van der Waals surface area contributed by atoms with E-state index in [0.29, 0.717) is 0 Å². The number of anilines is 1. The minimum Gasteiger partial charge on any atom is -0.357 e. The standard InChI is InChI=1S/C16H14F3N3O2/c1-20-15(23)14(9-6-7-10(17)12(19)8-9)22-16(24)21-13-5-3-2-4-11(13)18/h2-8,14H,1H3,(H,20,23)(H2,21,22,24). The van der Waals surface area contributed by atoms with Gasteiger partial charge in [0.05, 0.1) is 5.69 Å². The molecule has 5 nitrogen and oxygen atoms in total. The van der Waals surface area contributed by atoms with Gasteiger partial charge in [-0.15, -0.1) is 0 Å². The van der Waals surface area contributed by atoms with Crippen molar-refractivity contribution in [2.24, 2.45) is 0 Å². The second-order valence-corrected chi connectivity index (χ2v) is 4.80. The van der Waals surface area contributed by atoms with Crippen LogP contribution in [0.25, 0.3) is 0 Å². The molecule has 0 aliphatic heterocycles. The quantitative estimate of drug-likeness (QED) is 0.803. The summed E-state index contributed by atoms with van der Waals surface area (Å²) in [6.07, 6.45) is 0. The number of benzene rings is 2. The van der Waals surface area contributed by atoms with Gasteiger partial charge in [0.15, 0.2) is 11.6 Å². The number of amides is 3. The average Bonchev–Trinajstić information content (AvgIpc) is 2.56. The molecule has 2 aromatic carbocycles. The maximum Gasteiger partial charge on any atom is 0.320 e. The van der Waals surface area contributed by atoms with Gasteiger partial charge in [0.25, 0.3) is 0 Å². The first kappa shape index (κ1) is 17.3. The highest BCUT2D eigenvalue weighted by molar-refractivity contribution is 5.94. The van der Waals surface area contributed by atoms with Crippen molar-refractivity contribution in [1.29, 1.82) is 0 Å². The monoisotopic (exact) mass is 337 g/mol. The third-order valence-electron chi connectivity index (χ3n) is 3.18. The lowest BCUT2D eigenvalue weighted by Gasteiger charge is -2.18. The van der Waals surface area contributed by atoms with E-state index in [-0.39, 0.29) is 11.3 Å². The SMILES string of the molecule is CNC(=O)C(NC(=O)Nc1ccccc1F)c1ccc(F)c(F)c1. The first-order valence-corrected chi connectivity index (χ1v) is 6.91. The molecule has 3 N–H and O–H groups in total. The molecule has 126 valence electrons. The maximum atomic E-state index is 13.5. The van der Waals surface area contributed by atoms with Gasteiger partial charge in [-0.2, -0.15) is 0 Å². The lowest BCUT2D eigenvalue weighted by molar-refractivity contribution is -0.122. The number of hydrogen-bond acceptors (Lipinski definition) is 2. The maximum absolute atomic E-state index is 13.5. The Hall–Kier alpha value is -3.03. The predicted molar refractivity (Wildman–Crippen MR) is 81.7 cm³/mol. The van der Waals surface area contributed by atoms with E-state index < -0.39 is 35.4 Å². The number of carbonyl (C=O) groups is 2. The Balaban J connectivity index is 2.20. The molecule has 0 aliphatic rings. The van der Waals surface area contributed by atoms with E-state index in [1.165, 1.54) is 31.3 Å². The third kappa shape index (κ3) is 4.03. The first-order chi connectivity index (χ1) is 11.4. The Morgan fingerprint density at radius 2 is 1.67 bits per heavy atom. The van der Waals surface area contributed by atoms with Crippen LogP contribution in [0.15, 0.2) is 42.5 Å². The molecule has 2 aromatic rings. The van der Waals surface area contributed by atoms with E-state index in [4.69, 9.17) is 0 Å². The molecule has 0 heterocycles. The zero-order valence-electron chi connectivity index (χ0n) is 12.6. The minimum absolute atomic E-state index is 0.0388. The Kier molecular flexibility index (Phi) is 5.41. The Morgan fingerprint density at radius 3 is 2.29 bits per heavy atom. The van der Waals surface area contributed by atoms with Gasteiger partial charge in [-0.3, -0.25) is 4.79 Å². The van der Waals surface area contributed by atoms with Crippen molar-refractivity contribution in [3.63, 3.8) is 0 Å². The molecule has 8 heteroatoms. The molecular weight excluding hydrogens is 323 g/mol. The Bertz CT molecular complexity index is 768. The molecule has 0 fully saturated rings. The molecule has 0 spiro atoms. The molecule has 0 aromatic heterocycles. The molecule has 0 aliphatic carbocycles. The van der Waals surface area contributed by atoms with Crippen molar-refractivity contribution < 1.29 is 22.8 Å². The predicted octanol–water partition coefficient (Wildman–Crippen LogP) is 2.71. The highest BCUT2D eigenvalue weighted by Gasteiger charge is 2.23. The molecule has 0 bridgehead atoms. The first-order valence-electron chi connectivity index (χ1n) is 6.91. The summed E-state index contributed by atoms with van der Waals surface area (Å²) in [4.78, 5) is 23.9. The summed E-state index contributed by atoms with van der Waals surface area (Å²) in [5.74, 6) is -3.54. The fourth-order valence-corrected chi connectivity index (χ4v) is 1.99. The number of nitrogens with one attached hydrogen (secondary N) is 3. The van der Waals surface area contributed by atoms with E-state index in [0.717, 1.165) is 18.2 Å². The van der Waals surface area contributed by atoms with Crippen LogP contribution >= 0.6 is 0 Å². The summed E-state index contributed by atoms with van der Waals surface area (Å²) in [7, 11) is 1.33. The molecule has 1 atom stereocenters. The van der Waals surface area contributed by atoms with Crippen molar-refractivity contribution in [3.05, 3.63) is 65.5 Å². The van der Waals surface area contributed by atoms with Crippen molar-refractivity contribution >= 4 is 17.6 Å². The van der Waals surface area contributed by atoms with E-state index in [2.05, 4.69) is 16.0 Å². The number of likely N-dealkylation sites (N-methyl/N-ethyl adjacent to an activating group) is 1. The smallest absolute Gasteiger partial charge is 0.320 e. The molecule has 1 unspecified atom stereocenters. The minimum atomic E-state index is -1.28. The topological polar surface area (TPSA) is 70.2 Å². The third-order valence-corrected chi connectivity index (χ3v) is 3.18. The second kappa shape index (κ2) is 7.49. The van der Waals surface area contributed by atoms with Crippen molar-refractivity contribution in [1.82, 2.24) is 10.6 Å². The van der Waals surface area contributed by atoms with Crippen LogP contribution in [0.3, 0.4) is 0 Å². The number of rotatable bonds is 4. The summed E-state index contributed by atoms with van der Waals surface area (Å²) >= 11 is 0. The van der Waals surface area contributed by atoms with Gasteiger partial charge in [-0.05, 0) is 29.8 Å². The molecule has 0 saturated carbocycles. The van der Waals surface area contributed by atoms with Crippen molar-refractivity contribution in [2.75, 3.05) is 12.4 Å². The number of para-hydroxylation sites is 1. The van der Waals surface area contributed by atoms with E-state index in [1.54, 1.807) is 0 Å². The van der Waals surface area contributed by atoms with Gasteiger partial charge in [0.2, 0.25) is 5.91 Å². The summed E-state index contributed by atoms with van der Waals surface area (Å²) in [5, 5.41) is 6.84. The summed E-state index contributed by atoms with van der Waals surface area (Å²) in [6, 6.07) is 6.12. The van der Waals surface area contributed by atoms with Gasteiger partial charge in [-0.25, -0.2) is 18.0 Å². The van der Waals surface area contributed by atoms with Gasteiger partial charge in [0, 0.05) is 7.05 Å². The van der Waals surface area contributed by atoms with Crippen LogP contribution in [0, 0.1) is 17.5 Å². The van der Waals surface area contributed by atoms with Crippen LogP contribution in [0.1, 0.15) is 11.6 Å². The lowest BCUT2D eigenvalue weighted by atomic mass is 10.1. The van der Waals surface area contributed by atoms with Crippen LogP contribution in [-0.2, 0) is 4.79 Å². The summed E-state index contributed by atoms with van der Waals surface area (Å²) < 4.78 is 39.9. The van der Waals surface area contributed by atoms with Crippen LogP contribution in [0.2, 0.25) is 0 Å². The summed E-state index contributed by atoms with van der Waals surface area (Å²) in [6.45, 7) is 0. The highest BCUT2D eigenvalue weighted by atomic mass is 19.2. The van der Waals surface area contributed by atoms with Crippen molar-refractivity contribution in [2.45, 2.75) is 6.04 Å². The van der Waals surface area contributed by atoms with Gasteiger partial charge >= 0.3 is 6.03 Å². The molecule has 2 rings (SSSR count). The Morgan fingerprint density at radius 1 is 0.958 bits per heavy atom. The number of hydrogen-bond donors (Lipinski definition) is 3. The normalized spacial score (nSPS) is 11.5. The molecule has 0 saturated heterocycles. The van der Waals surface area contributed by atoms with Crippen LogP contribution < -0.4 is 16.0 Å². The van der Waals surface area contributed by atoms with Crippen LogP contribution in [0.4, 0.5) is 23.7 Å². The molecule has 24 heavy (non-hydrogen) atoms. The largest absolute Gasteiger partial charge is 0.357 e. The Labute approximate surface area is 135 Å². The zero-order chi connectivity index (χ0) is 17.7. The molecule has 3 amide bonds. The van der Waals surface area contributed by atoms with Gasteiger partial charge < -0.3 is 16.0 Å². The van der Waals surface area contributed by atoms with Crippen LogP contribution in [-0.4, -0.2) is 19.0 Å². The molecular formula is C16H14F3N3O2. The van der Waals surface area contributed by atoms with E-state index in [1.807, 2.05) is 0 Å². The fourth-order valence-electron chi connectivity index (χ4n) is 1.99. The number of halogens is 3. The average molecular weight is 337 g/mol.